The van der Waals surface area contributed by atoms with Crippen LogP contribution in [-0.2, 0) is 4.74 Å². The van der Waals surface area contributed by atoms with Gasteiger partial charge in [-0.05, 0) is 67.6 Å². The number of rotatable bonds is 8. The molecule has 1 saturated carbocycles. The number of hydrogen-bond acceptors (Lipinski definition) is 10. The topological polar surface area (TPSA) is 119 Å². The number of urea groups is 1. The third-order valence-corrected chi connectivity index (χ3v) is 8.93. The van der Waals surface area contributed by atoms with Crippen molar-refractivity contribution in [3.05, 3.63) is 30.3 Å². The summed E-state index contributed by atoms with van der Waals surface area (Å²) in [5.41, 5.74) is 1.50. The summed E-state index contributed by atoms with van der Waals surface area (Å²) in [5, 5.41) is 20.3. The molecule has 2 N–H and O–H groups in total. The number of anilines is 1. The number of nitrogens with one attached hydrogen (secondary N) is 2. The number of carbonyl (C=O) groups excluding carboxylic acids is 1. The molecule has 3 aromatic heterocycles. The van der Waals surface area contributed by atoms with E-state index in [0.717, 1.165) is 66.7 Å². The molecule has 4 heterocycles. The van der Waals surface area contributed by atoms with Crippen LogP contribution < -0.4 is 15.4 Å². The molecule has 0 atom stereocenters. The normalized spacial score (nSPS) is 20.3. The van der Waals surface area contributed by atoms with Gasteiger partial charge in [0.05, 0.1) is 23.4 Å². The first-order chi connectivity index (χ1) is 19.1. The van der Waals surface area contributed by atoms with Gasteiger partial charge in [-0.1, -0.05) is 18.3 Å². The minimum Gasteiger partial charge on any atom is -0.473 e. The zero-order chi connectivity index (χ0) is 26.6. The average Bonchev–Trinajstić information content (AvgIpc) is 3.53. The van der Waals surface area contributed by atoms with E-state index in [9.17, 15) is 4.79 Å². The lowest BCUT2D eigenvalue weighted by Gasteiger charge is -2.26. The van der Waals surface area contributed by atoms with Crippen molar-refractivity contribution >= 4 is 50.1 Å². The molecule has 2 aliphatic rings. The zero-order valence-electron chi connectivity index (χ0n) is 21.8. The number of aromatic nitrogens is 5. The minimum atomic E-state index is -0.251. The third-order valence-electron chi connectivity index (χ3n) is 7.07. The van der Waals surface area contributed by atoms with Crippen molar-refractivity contribution in [1.29, 1.82) is 0 Å². The third kappa shape index (κ3) is 6.60. The van der Waals surface area contributed by atoms with Crippen LogP contribution >= 0.6 is 23.1 Å². The summed E-state index contributed by atoms with van der Waals surface area (Å²) < 4.78 is 14.2. The van der Waals surface area contributed by atoms with Crippen molar-refractivity contribution in [3.8, 4) is 5.88 Å². The Labute approximate surface area is 234 Å². The number of nitrogens with zero attached hydrogens (tertiary/aromatic N) is 6. The van der Waals surface area contributed by atoms with Crippen LogP contribution in [0.3, 0.4) is 0 Å². The number of fused-ring (bicyclic) bond motifs is 2. The standard InChI is InChI=1S/C26H32N8O3S2/c1-17-2-4-18(5-3-17)37-23-9-8-22-30-31-26(34(22)32-23)38-19-6-7-20-21(16-19)39-25(28-20)29-24(35)27-10-11-33-12-14-36-15-13-33/h6-9,16-18H,2-5,10-15H2,1H3,(H2,27,28,29,35)/t17-,18-. The lowest BCUT2D eigenvalue weighted by molar-refractivity contribution is 0.0388. The highest BCUT2D eigenvalue weighted by molar-refractivity contribution is 7.99. The van der Waals surface area contributed by atoms with Gasteiger partial charge in [0, 0.05) is 37.1 Å². The number of hydrogen-bond donors (Lipinski definition) is 2. The van der Waals surface area contributed by atoms with E-state index in [0.29, 0.717) is 28.4 Å². The highest BCUT2D eigenvalue weighted by atomic mass is 32.2. The second-order valence-electron chi connectivity index (χ2n) is 10.0. The van der Waals surface area contributed by atoms with Crippen LogP contribution in [0.4, 0.5) is 9.93 Å². The summed E-state index contributed by atoms with van der Waals surface area (Å²) in [5.74, 6) is 1.37. The number of carbonyl (C=O) groups is 1. The Morgan fingerprint density at radius 3 is 2.85 bits per heavy atom. The Hall–Kier alpha value is -3.00. The highest BCUT2D eigenvalue weighted by Crippen LogP contribution is 2.33. The fourth-order valence-electron chi connectivity index (χ4n) is 4.82. The first-order valence-electron chi connectivity index (χ1n) is 13.4. The van der Waals surface area contributed by atoms with Gasteiger partial charge in [-0.3, -0.25) is 10.2 Å². The molecular formula is C26H32N8O3S2. The maximum atomic E-state index is 12.4. The van der Waals surface area contributed by atoms with E-state index in [2.05, 4.69) is 42.7 Å². The van der Waals surface area contributed by atoms with Gasteiger partial charge in [-0.15, -0.1) is 15.3 Å². The van der Waals surface area contributed by atoms with Crippen molar-refractivity contribution in [2.24, 2.45) is 5.92 Å². The van der Waals surface area contributed by atoms with Gasteiger partial charge in [0.1, 0.15) is 6.10 Å². The maximum absolute atomic E-state index is 12.4. The van der Waals surface area contributed by atoms with Gasteiger partial charge in [-0.2, -0.15) is 4.52 Å². The summed E-state index contributed by atoms with van der Waals surface area (Å²) in [4.78, 5) is 20.2. The fraction of sp³-hybridized carbons (Fsp3) is 0.500. The van der Waals surface area contributed by atoms with Gasteiger partial charge < -0.3 is 14.8 Å². The second-order valence-corrected chi connectivity index (χ2v) is 12.1. The van der Waals surface area contributed by atoms with E-state index >= 15 is 0 Å². The Morgan fingerprint density at radius 2 is 2.00 bits per heavy atom. The second kappa shape index (κ2) is 12.0. The number of benzene rings is 1. The van der Waals surface area contributed by atoms with Crippen LogP contribution in [0.15, 0.2) is 40.4 Å². The smallest absolute Gasteiger partial charge is 0.321 e. The predicted octanol–water partition coefficient (Wildman–Crippen LogP) is 4.30. The molecule has 39 heavy (non-hydrogen) atoms. The lowest BCUT2D eigenvalue weighted by atomic mass is 9.89. The van der Waals surface area contributed by atoms with Crippen LogP contribution in [0.25, 0.3) is 15.9 Å². The van der Waals surface area contributed by atoms with E-state index in [1.807, 2.05) is 30.3 Å². The molecular weight excluding hydrogens is 536 g/mol. The quantitative estimate of drug-likeness (QED) is 0.321. The minimum absolute atomic E-state index is 0.210. The molecule has 0 radical (unpaired) electrons. The van der Waals surface area contributed by atoms with Crippen LogP contribution in [0.5, 0.6) is 5.88 Å². The summed E-state index contributed by atoms with van der Waals surface area (Å²) in [6.07, 6.45) is 4.72. The van der Waals surface area contributed by atoms with Crippen LogP contribution in [-0.4, -0.2) is 81.2 Å². The average molecular weight is 569 g/mol. The van der Waals surface area contributed by atoms with Gasteiger partial charge in [0.15, 0.2) is 10.8 Å². The predicted molar refractivity (Wildman–Crippen MR) is 151 cm³/mol. The van der Waals surface area contributed by atoms with Gasteiger partial charge in [0.2, 0.25) is 11.0 Å². The zero-order valence-corrected chi connectivity index (χ0v) is 23.5. The summed E-state index contributed by atoms with van der Waals surface area (Å²) >= 11 is 2.92. The Bertz CT molecular complexity index is 1430. The summed E-state index contributed by atoms with van der Waals surface area (Å²) in [6.45, 7) is 6.97. The van der Waals surface area contributed by atoms with Crippen LogP contribution in [0, 0.1) is 5.92 Å². The molecule has 13 heteroatoms. The SMILES string of the molecule is C[C@H]1CC[C@H](Oc2ccc3nnc(Sc4ccc5nc(NC(=O)NCCN6CCOCC6)sc5c4)n3n2)CC1. The molecule has 1 aliphatic carbocycles. The van der Waals surface area contributed by atoms with Crippen LogP contribution in [0.2, 0.25) is 0 Å². The first-order valence-corrected chi connectivity index (χ1v) is 15.0. The van der Waals surface area contributed by atoms with Crippen molar-refractivity contribution in [3.63, 3.8) is 0 Å². The van der Waals surface area contributed by atoms with Gasteiger partial charge in [-0.25, -0.2) is 9.78 Å². The Balaban J connectivity index is 1.08. The van der Waals surface area contributed by atoms with E-state index in [4.69, 9.17) is 9.47 Å². The molecule has 2 fully saturated rings. The number of ether oxygens (including phenoxy) is 2. The molecule has 0 unspecified atom stereocenters. The van der Waals surface area contributed by atoms with Gasteiger partial charge >= 0.3 is 6.03 Å². The number of morpholine rings is 1. The van der Waals surface area contributed by atoms with Crippen molar-refractivity contribution < 1.29 is 14.3 Å². The summed E-state index contributed by atoms with van der Waals surface area (Å²) in [7, 11) is 0. The lowest BCUT2D eigenvalue weighted by Crippen LogP contribution is -2.42. The molecule has 11 nitrogen and oxygen atoms in total. The molecule has 4 aromatic rings. The summed E-state index contributed by atoms with van der Waals surface area (Å²) in [6, 6.07) is 9.49. The maximum Gasteiger partial charge on any atom is 0.321 e. The molecule has 1 saturated heterocycles. The molecule has 206 valence electrons. The van der Waals surface area contributed by atoms with E-state index in [1.54, 1.807) is 4.52 Å². The van der Waals surface area contributed by atoms with E-state index in [-0.39, 0.29) is 12.1 Å². The highest BCUT2D eigenvalue weighted by Gasteiger charge is 2.21. The number of thiazole rings is 1. The fourth-order valence-corrected chi connectivity index (χ4v) is 6.62. The monoisotopic (exact) mass is 568 g/mol. The van der Waals surface area contributed by atoms with Gasteiger partial charge in [0.25, 0.3) is 0 Å². The van der Waals surface area contributed by atoms with Crippen molar-refractivity contribution in [2.45, 2.75) is 48.8 Å². The molecule has 0 spiro atoms. The molecule has 1 aliphatic heterocycles. The molecule has 2 amide bonds. The molecule has 1 aromatic carbocycles. The van der Waals surface area contributed by atoms with Crippen molar-refractivity contribution in [2.75, 3.05) is 44.7 Å². The van der Waals surface area contributed by atoms with E-state index < -0.39 is 0 Å². The first kappa shape index (κ1) is 26.2. The van der Waals surface area contributed by atoms with Crippen LogP contribution in [0.1, 0.15) is 32.6 Å². The van der Waals surface area contributed by atoms with Crippen molar-refractivity contribution in [1.82, 2.24) is 35.0 Å². The van der Waals surface area contributed by atoms with E-state index in [1.165, 1.54) is 35.9 Å². The number of amides is 2. The Kier molecular flexibility index (Phi) is 8.09. The molecule has 0 bridgehead atoms. The molecule has 6 rings (SSSR count). The largest absolute Gasteiger partial charge is 0.473 e. The Morgan fingerprint density at radius 1 is 1.15 bits per heavy atom.